The summed E-state index contributed by atoms with van der Waals surface area (Å²) in [5.41, 5.74) is 0.659. The molecular weight excluding hydrogens is 313 g/mol. The van der Waals surface area contributed by atoms with E-state index < -0.39 is 19.1 Å². The number of benzene rings is 2. The van der Waals surface area contributed by atoms with E-state index >= 15 is 0 Å². The number of carboxylic acids is 1. The third-order valence-electron chi connectivity index (χ3n) is 3.38. The van der Waals surface area contributed by atoms with Gasteiger partial charge in [-0.3, -0.25) is 9.36 Å². The van der Waals surface area contributed by atoms with E-state index in [-0.39, 0.29) is 6.42 Å². The summed E-state index contributed by atoms with van der Waals surface area (Å²) in [4.78, 5) is 21.4. The first kappa shape index (κ1) is 17.0. The number of para-hydroxylation sites is 1. The molecule has 6 heteroatoms. The van der Waals surface area contributed by atoms with Gasteiger partial charge in [-0.05, 0) is 17.2 Å². The molecule has 23 heavy (non-hydrogen) atoms. The van der Waals surface area contributed by atoms with Crippen LogP contribution in [0.5, 0.6) is 0 Å². The first-order chi connectivity index (χ1) is 10.9. The summed E-state index contributed by atoms with van der Waals surface area (Å²) >= 11 is 0. The van der Waals surface area contributed by atoms with E-state index in [9.17, 15) is 14.3 Å². The molecule has 0 radical (unpaired) electrons. The summed E-state index contributed by atoms with van der Waals surface area (Å²) in [6.07, 6.45) is 1.19. The van der Waals surface area contributed by atoms with Crippen LogP contribution >= 0.6 is 7.52 Å². The number of rotatable bonds is 7. The van der Waals surface area contributed by atoms with Gasteiger partial charge in [0.1, 0.15) is 0 Å². The number of allylic oxidation sites excluding steroid dienone is 1. The molecule has 0 fully saturated rings. The Hall–Kier alpha value is -2.36. The molecule has 3 N–H and O–H groups in total. The molecule has 2 aromatic carbocycles. The SMILES string of the molecule is C=CC(c1ccccc1)P(=O)(O)Nc1ccccc1CC(=O)O. The Balaban J connectivity index is 2.32. The quantitative estimate of drug-likeness (QED) is 0.530. The molecule has 120 valence electrons. The van der Waals surface area contributed by atoms with Crippen molar-refractivity contribution in [2.45, 2.75) is 12.1 Å². The topological polar surface area (TPSA) is 86.6 Å². The van der Waals surface area contributed by atoms with Crippen LogP contribution in [0.25, 0.3) is 0 Å². The van der Waals surface area contributed by atoms with Gasteiger partial charge < -0.3 is 15.1 Å². The summed E-state index contributed by atoms with van der Waals surface area (Å²) < 4.78 is 12.8. The van der Waals surface area contributed by atoms with E-state index in [2.05, 4.69) is 11.7 Å². The molecule has 0 amide bonds. The number of carbonyl (C=O) groups is 1. The molecule has 0 spiro atoms. The Morgan fingerprint density at radius 1 is 1.17 bits per heavy atom. The average Bonchev–Trinajstić information content (AvgIpc) is 2.50. The lowest BCUT2D eigenvalue weighted by molar-refractivity contribution is -0.136. The highest BCUT2D eigenvalue weighted by Crippen LogP contribution is 2.55. The molecule has 0 aliphatic carbocycles. The van der Waals surface area contributed by atoms with E-state index in [1.54, 1.807) is 48.5 Å². The highest BCUT2D eigenvalue weighted by molar-refractivity contribution is 7.60. The summed E-state index contributed by atoms with van der Waals surface area (Å²) in [5.74, 6) is -1.00. The fourth-order valence-electron chi connectivity index (χ4n) is 2.32. The fourth-order valence-corrected chi connectivity index (χ4v) is 3.88. The van der Waals surface area contributed by atoms with Crippen molar-refractivity contribution in [3.05, 3.63) is 78.4 Å². The van der Waals surface area contributed by atoms with Crippen molar-refractivity contribution in [1.29, 1.82) is 0 Å². The molecule has 0 saturated carbocycles. The summed E-state index contributed by atoms with van der Waals surface area (Å²) in [5, 5.41) is 11.6. The fraction of sp³-hybridized carbons (Fsp3) is 0.118. The first-order valence-electron chi connectivity index (χ1n) is 7.02. The van der Waals surface area contributed by atoms with Crippen molar-refractivity contribution >= 4 is 19.2 Å². The number of anilines is 1. The molecule has 2 rings (SSSR count). The number of aliphatic carboxylic acids is 1. The smallest absolute Gasteiger partial charge is 0.307 e. The molecule has 0 aliphatic heterocycles. The van der Waals surface area contributed by atoms with Gasteiger partial charge in [0, 0.05) is 5.69 Å². The maximum atomic E-state index is 12.8. The minimum atomic E-state index is -3.88. The monoisotopic (exact) mass is 331 g/mol. The Morgan fingerprint density at radius 2 is 1.78 bits per heavy atom. The van der Waals surface area contributed by atoms with Crippen molar-refractivity contribution in [3.8, 4) is 0 Å². The maximum Gasteiger partial charge on any atom is 0.307 e. The Morgan fingerprint density at radius 3 is 2.39 bits per heavy atom. The van der Waals surface area contributed by atoms with Crippen LogP contribution in [-0.2, 0) is 15.8 Å². The molecule has 0 aromatic heterocycles. The molecule has 2 aromatic rings. The van der Waals surface area contributed by atoms with Crippen LogP contribution in [0.1, 0.15) is 16.8 Å². The lowest BCUT2D eigenvalue weighted by Crippen LogP contribution is -2.08. The van der Waals surface area contributed by atoms with E-state index in [1.807, 2.05) is 6.07 Å². The molecule has 5 nitrogen and oxygen atoms in total. The first-order valence-corrected chi connectivity index (χ1v) is 8.75. The highest BCUT2D eigenvalue weighted by Gasteiger charge is 2.30. The second-order valence-electron chi connectivity index (χ2n) is 5.05. The zero-order valence-corrected chi connectivity index (χ0v) is 13.3. The third kappa shape index (κ3) is 4.31. The van der Waals surface area contributed by atoms with Gasteiger partial charge in [-0.2, -0.15) is 0 Å². The zero-order chi connectivity index (χ0) is 16.9. The largest absolute Gasteiger partial charge is 0.481 e. The van der Waals surface area contributed by atoms with Crippen LogP contribution in [0.4, 0.5) is 5.69 Å². The van der Waals surface area contributed by atoms with Gasteiger partial charge in [0.2, 0.25) is 0 Å². The number of hydrogen-bond donors (Lipinski definition) is 3. The van der Waals surface area contributed by atoms with Crippen LogP contribution in [0.15, 0.2) is 67.3 Å². The van der Waals surface area contributed by atoms with E-state index in [1.165, 1.54) is 6.08 Å². The van der Waals surface area contributed by atoms with Crippen LogP contribution in [0, 0.1) is 0 Å². The van der Waals surface area contributed by atoms with Crippen LogP contribution < -0.4 is 5.09 Å². The second kappa shape index (κ2) is 7.27. The lowest BCUT2D eigenvalue weighted by atomic mass is 10.1. The van der Waals surface area contributed by atoms with Crippen molar-refractivity contribution in [3.63, 3.8) is 0 Å². The molecule has 2 unspecified atom stereocenters. The summed E-state index contributed by atoms with van der Waals surface area (Å²) in [6, 6.07) is 15.5. The standard InChI is InChI=1S/C17H18NO4P/c1-2-16(13-8-4-3-5-9-13)23(21,22)18-15-11-7-6-10-14(15)12-17(19)20/h2-11,16H,1,12H2,(H,19,20)(H2,18,21,22). The van der Waals surface area contributed by atoms with Crippen molar-refractivity contribution < 1.29 is 19.4 Å². The van der Waals surface area contributed by atoms with Gasteiger partial charge in [0.25, 0.3) is 0 Å². The van der Waals surface area contributed by atoms with E-state index in [4.69, 9.17) is 5.11 Å². The van der Waals surface area contributed by atoms with Gasteiger partial charge in [0.15, 0.2) is 0 Å². The van der Waals surface area contributed by atoms with Crippen LogP contribution in [-0.4, -0.2) is 16.0 Å². The molecule has 0 aliphatic rings. The molecule has 0 bridgehead atoms. The Kier molecular flexibility index (Phi) is 5.37. The number of hydrogen-bond acceptors (Lipinski definition) is 2. The summed E-state index contributed by atoms with van der Waals surface area (Å²) in [7, 11) is -3.88. The summed E-state index contributed by atoms with van der Waals surface area (Å²) in [6.45, 7) is 3.65. The predicted molar refractivity (Wildman–Crippen MR) is 90.6 cm³/mol. The van der Waals surface area contributed by atoms with Gasteiger partial charge >= 0.3 is 13.5 Å². The van der Waals surface area contributed by atoms with E-state index in [0.29, 0.717) is 16.8 Å². The third-order valence-corrected chi connectivity index (χ3v) is 5.21. The number of nitrogens with one attached hydrogen (secondary N) is 1. The highest BCUT2D eigenvalue weighted by atomic mass is 31.2. The van der Waals surface area contributed by atoms with Gasteiger partial charge in [-0.1, -0.05) is 54.6 Å². The Bertz CT molecular complexity index is 745. The molecule has 0 heterocycles. The van der Waals surface area contributed by atoms with Crippen molar-refractivity contribution in [2.75, 3.05) is 5.09 Å². The number of carboxylic acid groups (broad SMARTS) is 1. The van der Waals surface area contributed by atoms with E-state index in [0.717, 1.165) is 0 Å². The minimum absolute atomic E-state index is 0.229. The predicted octanol–water partition coefficient (Wildman–Crippen LogP) is 3.84. The second-order valence-corrected chi connectivity index (χ2v) is 7.08. The zero-order valence-electron chi connectivity index (χ0n) is 12.4. The molecule has 0 saturated heterocycles. The lowest BCUT2D eigenvalue weighted by Gasteiger charge is -2.23. The van der Waals surface area contributed by atoms with Gasteiger partial charge in [-0.15, -0.1) is 6.58 Å². The van der Waals surface area contributed by atoms with Crippen molar-refractivity contribution in [2.24, 2.45) is 0 Å². The van der Waals surface area contributed by atoms with Crippen LogP contribution in [0.2, 0.25) is 0 Å². The normalized spacial score (nSPS) is 14.5. The maximum absolute atomic E-state index is 12.8. The Labute approximate surface area is 134 Å². The average molecular weight is 331 g/mol. The van der Waals surface area contributed by atoms with Gasteiger partial charge in [0.05, 0.1) is 12.1 Å². The van der Waals surface area contributed by atoms with Crippen molar-refractivity contribution in [1.82, 2.24) is 0 Å². The molecular formula is C17H18NO4P. The minimum Gasteiger partial charge on any atom is -0.481 e. The van der Waals surface area contributed by atoms with Gasteiger partial charge in [-0.25, -0.2) is 0 Å². The van der Waals surface area contributed by atoms with Crippen LogP contribution in [0.3, 0.4) is 0 Å². The molecule has 2 atom stereocenters.